The number of unbranched alkanes of at least 4 members (excludes halogenated alkanes) is 1. The number of rotatable bonds is 8. The molecular weight excluding hydrogens is 490 g/mol. The highest BCUT2D eigenvalue weighted by Gasteiger charge is 2.53. The number of piperidine rings is 1. The van der Waals surface area contributed by atoms with Crippen LogP contribution in [0.25, 0.3) is 5.69 Å². The lowest BCUT2D eigenvalue weighted by atomic mass is 9.79. The van der Waals surface area contributed by atoms with Crippen molar-refractivity contribution in [1.29, 1.82) is 0 Å². The SMILES string of the molecule is CCCCN1C(=O)C(CC2CCCCC2)NC(=O)C12CCN(Cc1c(C)nn(-c3ccc(O)cc3)c1C)CC2. The largest absolute Gasteiger partial charge is 0.508 e. The third-order valence-corrected chi connectivity index (χ3v) is 9.44. The van der Waals surface area contributed by atoms with Crippen molar-refractivity contribution < 1.29 is 14.7 Å². The minimum atomic E-state index is -0.730. The molecule has 2 saturated heterocycles. The number of carbonyl (C=O) groups excluding carboxylic acids is 2. The maximum absolute atomic E-state index is 13.8. The fraction of sp³-hybridized carbons (Fsp3) is 0.645. The summed E-state index contributed by atoms with van der Waals surface area (Å²) in [4.78, 5) is 31.9. The number of amides is 2. The average Bonchev–Trinajstić information content (AvgIpc) is 3.22. The first kappa shape index (κ1) is 27.7. The van der Waals surface area contributed by atoms with E-state index in [1.165, 1.54) is 37.7 Å². The number of phenolic OH excluding ortho intramolecular Hbond substituents is 1. The molecule has 0 bridgehead atoms. The molecule has 1 unspecified atom stereocenters. The lowest BCUT2D eigenvalue weighted by Gasteiger charge is -2.52. The number of carbonyl (C=O) groups is 2. The molecule has 3 aliphatic rings. The van der Waals surface area contributed by atoms with E-state index in [0.717, 1.165) is 56.0 Å². The first-order valence-electron chi connectivity index (χ1n) is 15.0. The van der Waals surface area contributed by atoms with Gasteiger partial charge in [0.2, 0.25) is 11.8 Å². The number of phenols is 1. The van der Waals surface area contributed by atoms with Crippen LogP contribution in [0.3, 0.4) is 0 Å². The Balaban J connectivity index is 1.28. The number of aromatic nitrogens is 2. The zero-order valence-corrected chi connectivity index (χ0v) is 23.9. The van der Waals surface area contributed by atoms with Gasteiger partial charge in [0.1, 0.15) is 17.3 Å². The number of piperazine rings is 1. The van der Waals surface area contributed by atoms with Crippen LogP contribution >= 0.6 is 0 Å². The maximum Gasteiger partial charge on any atom is 0.246 e. The van der Waals surface area contributed by atoms with Gasteiger partial charge in [-0.25, -0.2) is 4.68 Å². The molecule has 2 aliphatic heterocycles. The number of benzene rings is 1. The molecule has 5 rings (SSSR count). The summed E-state index contributed by atoms with van der Waals surface area (Å²) in [7, 11) is 0. The number of aromatic hydroxyl groups is 1. The van der Waals surface area contributed by atoms with Crippen molar-refractivity contribution in [3.8, 4) is 11.4 Å². The van der Waals surface area contributed by atoms with Crippen LogP contribution in [0, 0.1) is 19.8 Å². The minimum absolute atomic E-state index is 0.0613. The van der Waals surface area contributed by atoms with Crippen molar-refractivity contribution in [3.05, 3.63) is 41.2 Å². The van der Waals surface area contributed by atoms with Crippen LogP contribution in [0.4, 0.5) is 0 Å². The highest BCUT2D eigenvalue weighted by Crippen LogP contribution is 2.36. The van der Waals surface area contributed by atoms with Crippen molar-refractivity contribution >= 4 is 11.8 Å². The van der Waals surface area contributed by atoms with E-state index < -0.39 is 5.54 Å². The highest BCUT2D eigenvalue weighted by molar-refractivity contribution is 6.00. The predicted molar refractivity (Wildman–Crippen MR) is 152 cm³/mol. The van der Waals surface area contributed by atoms with E-state index in [4.69, 9.17) is 5.10 Å². The van der Waals surface area contributed by atoms with Gasteiger partial charge in [0.05, 0.1) is 11.4 Å². The molecule has 1 spiro atoms. The summed E-state index contributed by atoms with van der Waals surface area (Å²) in [5, 5.41) is 17.6. The Labute approximate surface area is 232 Å². The molecule has 8 heteroatoms. The first-order valence-corrected chi connectivity index (χ1v) is 15.0. The Morgan fingerprint density at radius 1 is 1.05 bits per heavy atom. The Hall–Kier alpha value is -2.87. The number of nitrogens with zero attached hydrogens (tertiary/aromatic N) is 4. The van der Waals surface area contributed by atoms with E-state index >= 15 is 0 Å². The summed E-state index contributed by atoms with van der Waals surface area (Å²) in [6, 6.07) is 6.73. The van der Waals surface area contributed by atoms with Gasteiger partial charge < -0.3 is 15.3 Å². The zero-order chi connectivity index (χ0) is 27.6. The third-order valence-electron chi connectivity index (χ3n) is 9.44. The quantitative estimate of drug-likeness (QED) is 0.515. The molecule has 2 aromatic rings. The Morgan fingerprint density at radius 3 is 2.41 bits per heavy atom. The van der Waals surface area contributed by atoms with E-state index in [2.05, 4.69) is 24.1 Å². The number of hydrogen-bond acceptors (Lipinski definition) is 5. The highest BCUT2D eigenvalue weighted by atomic mass is 16.3. The van der Waals surface area contributed by atoms with Crippen LogP contribution in [-0.4, -0.2) is 67.7 Å². The summed E-state index contributed by atoms with van der Waals surface area (Å²) in [6.45, 7) is 9.23. The van der Waals surface area contributed by atoms with Crippen LogP contribution in [0.15, 0.2) is 24.3 Å². The lowest BCUT2D eigenvalue weighted by molar-refractivity contribution is -0.162. The molecule has 39 heavy (non-hydrogen) atoms. The lowest BCUT2D eigenvalue weighted by Crippen LogP contribution is -2.73. The molecule has 2 N–H and O–H groups in total. The van der Waals surface area contributed by atoms with E-state index in [9.17, 15) is 14.7 Å². The van der Waals surface area contributed by atoms with Gasteiger partial charge in [-0.3, -0.25) is 14.5 Å². The second-order valence-electron chi connectivity index (χ2n) is 12.0. The van der Waals surface area contributed by atoms with Gasteiger partial charge in [0.25, 0.3) is 0 Å². The fourth-order valence-corrected chi connectivity index (χ4v) is 6.98. The number of aryl methyl sites for hydroxylation is 1. The van der Waals surface area contributed by atoms with Crippen LogP contribution in [0.2, 0.25) is 0 Å². The molecule has 8 nitrogen and oxygen atoms in total. The van der Waals surface area contributed by atoms with Gasteiger partial charge in [-0.2, -0.15) is 5.10 Å². The summed E-state index contributed by atoms with van der Waals surface area (Å²) in [5.41, 5.74) is 3.45. The predicted octanol–water partition coefficient (Wildman–Crippen LogP) is 4.63. The Bertz CT molecular complexity index is 1160. The fourth-order valence-electron chi connectivity index (χ4n) is 6.98. The monoisotopic (exact) mass is 535 g/mol. The van der Waals surface area contributed by atoms with E-state index in [1.807, 2.05) is 28.6 Å². The van der Waals surface area contributed by atoms with Crippen LogP contribution < -0.4 is 5.32 Å². The third kappa shape index (κ3) is 5.58. The summed E-state index contributed by atoms with van der Waals surface area (Å²) in [5.74, 6) is 0.988. The summed E-state index contributed by atoms with van der Waals surface area (Å²) >= 11 is 0. The minimum Gasteiger partial charge on any atom is -0.508 e. The second kappa shape index (κ2) is 11.7. The van der Waals surface area contributed by atoms with Gasteiger partial charge in [0.15, 0.2) is 0 Å². The van der Waals surface area contributed by atoms with Gasteiger partial charge in [0, 0.05) is 37.4 Å². The van der Waals surface area contributed by atoms with Crippen molar-refractivity contribution in [2.75, 3.05) is 19.6 Å². The smallest absolute Gasteiger partial charge is 0.246 e. The topological polar surface area (TPSA) is 90.7 Å². The molecule has 2 amide bonds. The Kier molecular flexibility index (Phi) is 8.31. The zero-order valence-electron chi connectivity index (χ0n) is 23.9. The van der Waals surface area contributed by atoms with Gasteiger partial charge >= 0.3 is 0 Å². The van der Waals surface area contributed by atoms with Crippen LogP contribution in [0.5, 0.6) is 5.75 Å². The van der Waals surface area contributed by atoms with Crippen LogP contribution in [0.1, 0.15) is 88.1 Å². The average molecular weight is 536 g/mol. The standard InChI is InChI=1S/C31H45N5O3/c1-4-5-17-35-29(38)28(20-24-9-7-6-8-10-24)32-30(39)31(35)15-18-34(19-16-31)21-27-22(2)33-36(23(27)3)25-11-13-26(37)14-12-25/h11-14,24,28,37H,4-10,15-21H2,1-3H3,(H,32,39). The van der Waals surface area contributed by atoms with E-state index in [1.54, 1.807) is 12.1 Å². The number of likely N-dealkylation sites (tertiary alicyclic amines) is 1. The summed E-state index contributed by atoms with van der Waals surface area (Å²) < 4.78 is 1.93. The maximum atomic E-state index is 13.8. The van der Waals surface area contributed by atoms with Crippen molar-refractivity contribution in [2.45, 2.75) is 103 Å². The molecule has 212 valence electrons. The van der Waals surface area contributed by atoms with Crippen molar-refractivity contribution in [2.24, 2.45) is 5.92 Å². The van der Waals surface area contributed by atoms with Gasteiger partial charge in [-0.1, -0.05) is 45.4 Å². The second-order valence-corrected chi connectivity index (χ2v) is 12.0. The van der Waals surface area contributed by atoms with Crippen molar-refractivity contribution in [1.82, 2.24) is 24.9 Å². The molecule has 1 aliphatic carbocycles. The van der Waals surface area contributed by atoms with Crippen molar-refractivity contribution in [3.63, 3.8) is 0 Å². The summed E-state index contributed by atoms with van der Waals surface area (Å²) in [6.07, 6.45) is 10.2. The Morgan fingerprint density at radius 2 is 1.74 bits per heavy atom. The molecule has 3 heterocycles. The molecule has 3 fully saturated rings. The number of nitrogens with one attached hydrogen (secondary N) is 1. The molecule has 1 aromatic carbocycles. The molecule has 1 atom stereocenters. The normalized spacial score (nSPS) is 22.4. The van der Waals surface area contributed by atoms with Crippen LogP contribution in [-0.2, 0) is 16.1 Å². The number of hydrogen-bond donors (Lipinski definition) is 2. The van der Waals surface area contributed by atoms with E-state index in [-0.39, 0.29) is 23.6 Å². The van der Waals surface area contributed by atoms with Gasteiger partial charge in [-0.15, -0.1) is 0 Å². The first-order chi connectivity index (χ1) is 18.8. The molecule has 1 aromatic heterocycles. The molecule has 1 saturated carbocycles. The molecular formula is C31H45N5O3. The molecule has 0 radical (unpaired) electrons. The van der Waals surface area contributed by atoms with E-state index in [0.29, 0.717) is 25.3 Å². The van der Waals surface area contributed by atoms with Gasteiger partial charge in [-0.05, 0) is 69.7 Å².